The molecule has 10 heteroatoms. The van der Waals surface area contributed by atoms with E-state index in [2.05, 4.69) is 42.2 Å². The van der Waals surface area contributed by atoms with Crippen molar-refractivity contribution in [3.05, 3.63) is 75.9 Å². The molecule has 8 nitrogen and oxygen atoms in total. The Morgan fingerprint density at radius 2 is 1.25 bits per heavy atom. The lowest BCUT2D eigenvalue weighted by Crippen LogP contribution is -1.97. The summed E-state index contributed by atoms with van der Waals surface area (Å²) in [6.07, 6.45) is 0.500. The van der Waals surface area contributed by atoms with E-state index in [9.17, 15) is 19.8 Å². The molecule has 0 aromatic carbocycles. The van der Waals surface area contributed by atoms with Gasteiger partial charge in [0.1, 0.15) is 0 Å². The van der Waals surface area contributed by atoms with Crippen LogP contribution in [-0.4, -0.2) is 42.1 Å². The number of rotatable bonds is 8. The number of carboxylic acids is 2. The number of nitrogens with zero attached hydrogens (tertiary/aromatic N) is 2. The van der Waals surface area contributed by atoms with Gasteiger partial charge in [0.15, 0.2) is 0 Å². The van der Waals surface area contributed by atoms with Crippen molar-refractivity contribution in [1.82, 2.24) is 19.9 Å². The van der Waals surface area contributed by atoms with Crippen LogP contribution in [0.15, 0.2) is 30.8 Å². The molecular formula is C34H36N4O4S2. The van der Waals surface area contributed by atoms with Gasteiger partial charge in [0.2, 0.25) is 0 Å². The Bertz CT molecular complexity index is 1980. The molecule has 0 unspecified atom stereocenters. The van der Waals surface area contributed by atoms with E-state index < -0.39 is 11.9 Å². The zero-order valence-corrected chi connectivity index (χ0v) is 27.2. The van der Waals surface area contributed by atoms with Crippen molar-refractivity contribution in [2.45, 2.75) is 65.6 Å². The Labute approximate surface area is 266 Å². The molecule has 228 valence electrons. The molecule has 0 saturated heterocycles. The third kappa shape index (κ3) is 5.88. The highest BCUT2D eigenvalue weighted by Gasteiger charge is 2.23. The van der Waals surface area contributed by atoms with E-state index in [0.717, 1.165) is 72.3 Å². The fraction of sp³-hybridized carbons (Fsp3) is 0.294. The SMILES string of the molecule is C=C(S)c1c(C)c2cc3[nH]c(cc4nc(cc5nc(cc1[nH]2)C(C)=C5CCC(=O)O)C(CCC(=O)O)=C4C)c(C)c3[C@H](C)S. The van der Waals surface area contributed by atoms with E-state index in [4.69, 9.17) is 22.6 Å². The number of hydrogen-bond acceptors (Lipinski definition) is 6. The molecule has 1 atom stereocenters. The largest absolute Gasteiger partial charge is 0.481 e. The lowest BCUT2D eigenvalue weighted by molar-refractivity contribution is -0.137. The topological polar surface area (TPSA) is 132 Å². The second-order valence-corrected chi connectivity index (χ2v) is 12.7. The zero-order chi connectivity index (χ0) is 32.0. The van der Waals surface area contributed by atoms with Gasteiger partial charge in [0.25, 0.3) is 0 Å². The van der Waals surface area contributed by atoms with Crippen molar-refractivity contribution >= 4 is 86.5 Å². The maximum Gasteiger partial charge on any atom is 0.303 e. The summed E-state index contributed by atoms with van der Waals surface area (Å²) in [5, 5.41) is 18.9. The van der Waals surface area contributed by atoms with Gasteiger partial charge >= 0.3 is 11.9 Å². The number of aliphatic carboxylic acids is 2. The van der Waals surface area contributed by atoms with Gasteiger partial charge in [-0.3, -0.25) is 9.59 Å². The smallest absolute Gasteiger partial charge is 0.303 e. The van der Waals surface area contributed by atoms with Crippen LogP contribution in [0.2, 0.25) is 0 Å². The van der Waals surface area contributed by atoms with Gasteiger partial charge in [-0.15, -0.1) is 12.6 Å². The normalized spacial score (nSPS) is 13.9. The molecule has 2 aliphatic heterocycles. The summed E-state index contributed by atoms with van der Waals surface area (Å²) in [5.74, 6) is -1.79. The first-order chi connectivity index (χ1) is 20.8. The Morgan fingerprint density at radius 1 is 0.773 bits per heavy atom. The number of hydrogen-bond donors (Lipinski definition) is 6. The van der Waals surface area contributed by atoms with Crippen LogP contribution in [0.3, 0.4) is 0 Å². The van der Waals surface area contributed by atoms with Crippen LogP contribution < -0.4 is 0 Å². The van der Waals surface area contributed by atoms with Gasteiger partial charge in [0, 0.05) is 50.6 Å². The molecule has 5 heterocycles. The molecule has 3 aromatic heterocycles. The maximum atomic E-state index is 11.6. The van der Waals surface area contributed by atoms with E-state index in [1.165, 1.54) is 0 Å². The van der Waals surface area contributed by atoms with Crippen molar-refractivity contribution in [3.8, 4) is 0 Å². The quantitative estimate of drug-likeness (QED) is 0.139. The highest BCUT2D eigenvalue weighted by Crippen LogP contribution is 2.39. The molecule has 8 bridgehead atoms. The minimum atomic E-state index is -0.897. The number of allylic oxidation sites excluding steroid dienone is 4. The highest BCUT2D eigenvalue weighted by atomic mass is 32.1. The lowest BCUT2D eigenvalue weighted by Gasteiger charge is -2.05. The fourth-order valence-electron chi connectivity index (χ4n) is 6.13. The predicted octanol–water partition coefficient (Wildman–Crippen LogP) is 8.41. The standard InChI is InChI=1S/C34H36N4O4S2/c1-15-21(7-9-31(39)40)27-14-28-22(8-10-32(41)42)16(2)24(36-28)12-29-34(20(6)44)18(4)26(38-29)13-30-33(19(5)43)17(3)25(37-30)11-23(15)35-27/h11-14,19,37-38,43-44H,6-10H2,1-5H3,(H,39,40)(H,41,42)/t19-/m0/s1. The third-order valence-corrected chi connectivity index (χ3v) is 8.95. The zero-order valence-electron chi connectivity index (χ0n) is 25.4. The predicted molar refractivity (Wildman–Crippen MR) is 185 cm³/mol. The molecule has 44 heavy (non-hydrogen) atoms. The van der Waals surface area contributed by atoms with Crippen molar-refractivity contribution in [3.63, 3.8) is 0 Å². The van der Waals surface area contributed by atoms with Gasteiger partial charge in [-0.05, 0) is 111 Å². The number of aromatic nitrogens is 4. The van der Waals surface area contributed by atoms with Crippen LogP contribution >= 0.6 is 25.3 Å². The van der Waals surface area contributed by atoms with Crippen LogP contribution in [0.1, 0.15) is 96.7 Å². The molecule has 2 aliphatic rings. The summed E-state index contributed by atoms with van der Waals surface area (Å²) >= 11 is 9.43. The molecule has 0 aliphatic carbocycles. The van der Waals surface area contributed by atoms with E-state index in [1.54, 1.807) is 0 Å². The van der Waals surface area contributed by atoms with Crippen LogP contribution in [0.25, 0.3) is 49.3 Å². The maximum absolute atomic E-state index is 11.6. The van der Waals surface area contributed by atoms with E-state index in [1.807, 2.05) is 45.9 Å². The Balaban J connectivity index is 1.96. The van der Waals surface area contributed by atoms with Crippen LogP contribution in [0, 0.1) is 13.8 Å². The Morgan fingerprint density at radius 3 is 1.73 bits per heavy atom. The van der Waals surface area contributed by atoms with Crippen LogP contribution in [-0.2, 0) is 9.59 Å². The number of H-pyrrole nitrogens is 2. The number of carboxylic acid groups (broad SMARTS) is 2. The molecule has 0 fully saturated rings. The highest BCUT2D eigenvalue weighted by molar-refractivity contribution is 7.90. The van der Waals surface area contributed by atoms with Gasteiger partial charge in [-0.1, -0.05) is 6.58 Å². The molecular weight excluding hydrogens is 593 g/mol. The van der Waals surface area contributed by atoms with Gasteiger partial charge in [-0.25, -0.2) is 9.97 Å². The number of nitrogens with one attached hydrogen (secondary N) is 2. The molecule has 4 N–H and O–H groups in total. The molecule has 0 amide bonds. The van der Waals surface area contributed by atoms with Crippen molar-refractivity contribution < 1.29 is 19.8 Å². The first-order valence-corrected chi connectivity index (χ1v) is 15.4. The lowest BCUT2D eigenvalue weighted by atomic mass is 9.98. The second-order valence-electron chi connectivity index (χ2n) is 11.4. The summed E-state index contributed by atoms with van der Waals surface area (Å²) in [4.78, 5) is 40.8. The minimum Gasteiger partial charge on any atom is -0.481 e. The van der Waals surface area contributed by atoms with Gasteiger partial charge in [-0.2, -0.15) is 12.6 Å². The monoisotopic (exact) mass is 628 g/mol. The molecule has 0 radical (unpaired) electrons. The minimum absolute atomic E-state index is 0.0438. The Hall–Kier alpha value is -4.02. The molecule has 0 spiro atoms. The first-order valence-electron chi connectivity index (χ1n) is 14.4. The van der Waals surface area contributed by atoms with Gasteiger partial charge < -0.3 is 20.2 Å². The first kappa shape index (κ1) is 31.4. The average Bonchev–Trinajstić information content (AvgIpc) is 3.59. The van der Waals surface area contributed by atoms with Crippen molar-refractivity contribution in [2.24, 2.45) is 0 Å². The van der Waals surface area contributed by atoms with Crippen molar-refractivity contribution in [1.29, 1.82) is 0 Å². The third-order valence-electron chi connectivity index (χ3n) is 8.47. The van der Waals surface area contributed by atoms with E-state index in [-0.39, 0.29) is 18.1 Å². The number of thiol groups is 2. The second kappa shape index (κ2) is 12.2. The summed E-state index contributed by atoms with van der Waals surface area (Å²) in [6.45, 7) is 14.1. The van der Waals surface area contributed by atoms with E-state index in [0.29, 0.717) is 34.8 Å². The molecule has 5 rings (SSSR count). The number of carbonyl (C=O) groups is 2. The fourth-order valence-corrected chi connectivity index (χ4v) is 6.75. The Kier molecular flexibility index (Phi) is 8.68. The summed E-state index contributed by atoms with van der Waals surface area (Å²) in [5.41, 5.74) is 13.5. The number of fused-ring (bicyclic) bond motifs is 8. The number of aryl methyl sites for hydroxylation is 2. The molecule has 3 aromatic rings. The summed E-state index contributed by atoms with van der Waals surface area (Å²) in [7, 11) is 0. The van der Waals surface area contributed by atoms with Gasteiger partial charge in [0.05, 0.1) is 22.8 Å². The average molecular weight is 629 g/mol. The van der Waals surface area contributed by atoms with E-state index >= 15 is 0 Å². The molecule has 0 saturated carbocycles. The summed E-state index contributed by atoms with van der Waals surface area (Å²) < 4.78 is 0. The van der Waals surface area contributed by atoms with Crippen molar-refractivity contribution in [2.75, 3.05) is 0 Å². The van der Waals surface area contributed by atoms with Crippen LogP contribution in [0.5, 0.6) is 0 Å². The van der Waals surface area contributed by atoms with Crippen LogP contribution in [0.4, 0.5) is 0 Å². The summed E-state index contributed by atoms with van der Waals surface area (Å²) in [6, 6.07) is 7.88. The number of aromatic amines is 2.